The maximum Gasteiger partial charge on any atom is 0.276 e. The van der Waals surface area contributed by atoms with Gasteiger partial charge >= 0.3 is 0 Å². The third kappa shape index (κ3) is 3.48. The lowest BCUT2D eigenvalue weighted by molar-refractivity contribution is -0.384. The van der Waals surface area contributed by atoms with Crippen LogP contribution in [0.1, 0.15) is 32.6 Å². The number of anilines is 1. The summed E-state index contributed by atoms with van der Waals surface area (Å²) in [6.45, 7) is 0. The summed E-state index contributed by atoms with van der Waals surface area (Å²) in [4.78, 5) is 40.3. The standard InChI is InChI=1S/C20H15N5O4/c26-19(13-8-10-14(11-9-13)25(28)29)23-24-18(17-7-3-4-12-21-17)22-16-6-2-1-5-15(16)20(24)27/h1-12,18,22H,(H,23,26)/t18-/m0/s1. The second-order valence-electron chi connectivity index (χ2n) is 6.27. The van der Waals surface area contributed by atoms with E-state index in [2.05, 4.69) is 15.7 Å². The fourth-order valence-corrected chi connectivity index (χ4v) is 3.02. The monoisotopic (exact) mass is 389 g/mol. The second kappa shape index (κ2) is 7.39. The molecule has 0 bridgehead atoms. The van der Waals surface area contributed by atoms with Crippen LogP contribution in [0.3, 0.4) is 0 Å². The molecule has 0 saturated carbocycles. The molecule has 0 aliphatic carbocycles. The Morgan fingerprint density at radius 1 is 1.07 bits per heavy atom. The van der Waals surface area contributed by atoms with Gasteiger partial charge in [-0.15, -0.1) is 0 Å². The molecule has 3 aromatic rings. The first-order chi connectivity index (χ1) is 14.0. The molecule has 1 atom stereocenters. The highest BCUT2D eigenvalue weighted by atomic mass is 16.6. The summed E-state index contributed by atoms with van der Waals surface area (Å²) in [5.41, 5.74) is 4.23. The van der Waals surface area contributed by atoms with Crippen LogP contribution in [0.25, 0.3) is 0 Å². The number of hydrogen-bond donors (Lipinski definition) is 2. The average molecular weight is 389 g/mol. The first-order valence-electron chi connectivity index (χ1n) is 8.70. The number of para-hydroxylation sites is 1. The zero-order valence-corrected chi connectivity index (χ0v) is 15.0. The van der Waals surface area contributed by atoms with Gasteiger partial charge in [0, 0.05) is 29.6 Å². The highest BCUT2D eigenvalue weighted by Gasteiger charge is 2.35. The summed E-state index contributed by atoms with van der Waals surface area (Å²) in [6, 6.07) is 17.4. The van der Waals surface area contributed by atoms with E-state index in [4.69, 9.17) is 0 Å². The molecule has 144 valence electrons. The molecule has 9 nitrogen and oxygen atoms in total. The fraction of sp³-hybridized carbons (Fsp3) is 0.0500. The van der Waals surface area contributed by atoms with Crippen LogP contribution in [0.2, 0.25) is 0 Å². The third-order valence-electron chi connectivity index (χ3n) is 4.46. The van der Waals surface area contributed by atoms with Crippen molar-refractivity contribution in [2.24, 2.45) is 0 Å². The number of fused-ring (bicyclic) bond motifs is 1. The van der Waals surface area contributed by atoms with Crippen molar-refractivity contribution in [1.29, 1.82) is 0 Å². The molecule has 2 N–H and O–H groups in total. The van der Waals surface area contributed by atoms with Crippen LogP contribution in [0.5, 0.6) is 0 Å². The van der Waals surface area contributed by atoms with Crippen molar-refractivity contribution in [3.8, 4) is 0 Å². The number of nitro groups is 1. The molecule has 0 fully saturated rings. The second-order valence-corrected chi connectivity index (χ2v) is 6.27. The van der Waals surface area contributed by atoms with Crippen molar-refractivity contribution in [2.75, 3.05) is 5.32 Å². The molecule has 2 amide bonds. The number of carbonyl (C=O) groups is 2. The van der Waals surface area contributed by atoms with Crippen molar-refractivity contribution in [2.45, 2.75) is 6.17 Å². The van der Waals surface area contributed by atoms with E-state index < -0.39 is 22.9 Å². The maximum absolute atomic E-state index is 13.1. The molecular weight excluding hydrogens is 374 g/mol. The molecule has 1 aliphatic rings. The highest BCUT2D eigenvalue weighted by Crippen LogP contribution is 2.31. The van der Waals surface area contributed by atoms with Gasteiger partial charge in [-0.1, -0.05) is 18.2 Å². The largest absolute Gasteiger partial charge is 0.358 e. The molecule has 0 saturated heterocycles. The maximum atomic E-state index is 13.1. The van der Waals surface area contributed by atoms with E-state index in [0.29, 0.717) is 16.9 Å². The molecule has 0 spiro atoms. The molecule has 9 heteroatoms. The van der Waals surface area contributed by atoms with Gasteiger partial charge in [0.15, 0.2) is 6.17 Å². The number of pyridine rings is 1. The number of carbonyl (C=O) groups excluding carboxylic acids is 2. The van der Waals surface area contributed by atoms with Gasteiger partial charge in [-0.25, -0.2) is 5.01 Å². The smallest absolute Gasteiger partial charge is 0.276 e. The Balaban J connectivity index is 1.66. The first kappa shape index (κ1) is 18.1. The summed E-state index contributed by atoms with van der Waals surface area (Å²) in [6.07, 6.45) is 0.874. The van der Waals surface area contributed by atoms with Crippen LogP contribution in [-0.4, -0.2) is 26.7 Å². The number of nitrogens with zero attached hydrogens (tertiary/aromatic N) is 3. The van der Waals surface area contributed by atoms with E-state index >= 15 is 0 Å². The van der Waals surface area contributed by atoms with E-state index in [1.54, 1.807) is 48.7 Å². The van der Waals surface area contributed by atoms with Crippen LogP contribution in [-0.2, 0) is 0 Å². The summed E-state index contributed by atoms with van der Waals surface area (Å²) in [5, 5.41) is 15.2. The number of aromatic nitrogens is 1. The Bertz CT molecular complexity index is 1090. The van der Waals surface area contributed by atoms with Gasteiger partial charge in [-0.3, -0.25) is 30.1 Å². The number of nitrogens with one attached hydrogen (secondary N) is 2. The number of rotatable bonds is 4. The number of amides is 2. The minimum absolute atomic E-state index is 0.127. The zero-order valence-electron chi connectivity index (χ0n) is 15.0. The highest BCUT2D eigenvalue weighted by molar-refractivity contribution is 6.03. The van der Waals surface area contributed by atoms with Crippen molar-refractivity contribution >= 4 is 23.2 Å². The molecule has 1 aromatic heterocycles. The van der Waals surface area contributed by atoms with Crippen LogP contribution >= 0.6 is 0 Å². The Kier molecular flexibility index (Phi) is 4.62. The van der Waals surface area contributed by atoms with Gasteiger partial charge in [-0.05, 0) is 36.4 Å². The van der Waals surface area contributed by atoms with Gasteiger partial charge in [0.25, 0.3) is 17.5 Å². The van der Waals surface area contributed by atoms with Crippen molar-refractivity contribution in [1.82, 2.24) is 15.4 Å². The minimum atomic E-state index is -0.722. The topological polar surface area (TPSA) is 117 Å². The zero-order chi connectivity index (χ0) is 20.4. The third-order valence-corrected chi connectivity index (χ3v) is 4.46. The van der Waals surface area contributed by atoms with Gasteiger partial charge in [0.1, 0.15) is 0 Å². The molecule has 29 heavy (non-hydrogen) atoms. The number of non-ortho nitro benzene ring substituents is 1. The first-order valence-corrected chi connectivity index (χ1v) is 8.70. The van der Waals surface area contributed by atoms with Crippen LogP contribution < -0.4 is 10.7 Å². The fourth-order valence-electron chi connectivity index (χ4n) is 3.02. The molecule has 4 rings (SSSR count). The van der Waals surface area contributed by atoms with E-state index in [1.165, 1.54) is 29.3 Å². The van der Waals surface area contributed by atoms with Crippen molar-refractivity contribution < 1.29 is 14.5 Å². The quantitative estimate of drug-likeness (QED) is 0.523. The summed E-state index contributed by atoms with van der Waals surface area (Å²) in [7, 11) is 0. The van der Waals surface area contributed by atoms with Gasteiger partial charge in [0.05, 0.1) is 16.2 Å². The van der Waals surface area contributed by atoms with E-state index in [0.717, 1.165) is 0 Å². The molecule has 2 aromatic carbocycles. The van der Waals surface area contributed by atoms with Crippen LogP contribution in [0.15, 0.2) is 72.9 Å². The SMILES string of the molecule is O=C(NN1C(=O)c2ccccc2N[C@@H]1c1ccccn1)c1ccc([N+](=O)[O-])cc1. The predicted molar refractivity (Wildman–Crippen MR) is 104 cm³/mol. The van der Waals surface area contributed by atoms with Crippen molar-refractivity contribution in [3.63, 3.8) is 0 Å². The molecule has 1 aliphatic heterocycles. The van der Waals surface area contributed by atoms with E-state index in [-0.39, 0.29) is 11.3 Å². The van der Waals surface area contributed by atoms with E-state index in [9.17, 15) is 19.7 Å². The number of hydrazine groups is 1. The number of hydrogen-bond acceptors (Lipinski definition) is 6. The molecule has 0 unspecified atom stereocenters. The summed E-state index contributed by atoms with van der Waals surface area (Å²) < 4.78 is 0. The number of nitro benzene ring substituents is 1. The predicted octanol–water partition coefficient (Wildman–Crippen LogP) is 2.90. The summed E-state index contributed by atoms with van der Waals surface area (Å²) in [5.74, 6) is -0.972. The lowest BCUT2D eigenvalue weighted by atomic mass is 10.1. The Hall–Kier alpha value is -4.27. The Labute approximate surface area is 165 Å². The average Bonchev–Trinajstić information content (AvgIpc) is 2.76. The van der Waals surface area contributed by atoms with Crippen LogP contribution in [0, 0.1) is 10.1 Å². The minimum Gasteiger partial charge on any atom is -0.358 e. The molecular formula is C20H15N5O4. The Morgan fingerprint density at radius 3 is 2.48 bits per heavy atom. The normalized spacial score (nSPS) is 15.2. The molecule has 2 heterocycles. The lowest BCUT2D eigenvalue weighted by Crippen LogP contribution is -2.53. The number of benzene rings is 2. The van der Waals surface area contributed by atoms with Gasteiger partial charge in [0.2, 0.25) is 0 Å². The van der Waals surface area contributed by atoms with Crippen LogP contribution in [0.4, 0.5) is 11.4 Å². The van der Waals surface area contributed by atoms with Crippen molar-refractivity contribution in [3.05, 3.63) is 99.9 Å². The van der Waals surface area contributed by atoms with Gasteiger partial charge < -0.3 is 5.32 Å². The Morgan fingerprint density at radius 2 is 1.79 bits per heavy atom. The molecule has 0 radical (unpaired) electrons. The lowest BCUT2D eigenvalue weighted by Gasteiger charge is -2.37. The van der Waals surface area contributed by atoms with E-state index in [1.807, 2.05) is 0 Å². The van der Waals surface area contributed by atoms with Gasteiger partial charge in [-0.2, -0.15) is 0 Å². The summed E-state index contributed by atoms with van der Waals surface area (Å²) >= 11 is 0.